The third-order valence-electron chi connectivity index (χ3n) is 8.49. The summed E-state index contributed by atoms with van der Waals surface area (Å²) < 4.78 is 0. The molecule has 3 fully saturated rings. The van der Waals surface area contributed by atoms with Crippen molar-refractivity contribution in [2.75, 3.05) is 67.5 Å². The van der Waals surface area contributed by atoms with Crippen LogP contribution in [-0.4, -0.2) is 78.8 Å². The number of Topliss-reactive ketones (excluding diaryl/α,β-unsaturated/α-hetero) is 1. The van der Waals surface area contributed by atoms with Crippen LogP contribution in [0.25, 0.3) is 0 Å². The number of piperazine rings is 1. The lowest BCUT2D eigenvalue weighted by Gasteiger charge is -2.51. The molecule has 5 rings (SSSR count). The van der Waals surface area contributed by atoms with Crippen LogP contribution in [0.5, 0.6) is 0 Å². The Balaban J connectivity index is 1.29. The molecule has 0 aromatic heterocycles. The molecule has 2 aromatic carbocycles. The van der Waals surface area contributed by atoms with Crippen LogP contribution in [0, 0.1) is 5.92 Å². The lowest BCUT2D eigenvalue weighted by atomic mass is 9.71. The lowest BCUT2D eigenvalue weighted by Crippen LogP contribution is -2.56. The SMILES string of the molecule is CC1CCC(c2cccc(NC(=O)C(=O)CN3CCSCC3)c2)(N2CCN(c3ccccc3)CC2)CC1. The Hall–Kier alpha value is -2.35. The summed E-state index contributed by atoms with van der Waals surface area (Å²) in [5.41, 5.74) is 3.27. The van der Waals surface area contributed by atoms with Crippen LogP contribution < -0.4 is 10.2 Å². The zero-order valence-electron chi connectivity index (χ0n) is 22.0. The molecular formula is C30H40N4O2S. The van der Waals surface area contributed by atoms with E-state index in [0.29, 0.717) is 0 Å². The van der Waals surface area contributed by atoms with Crippen molar-refractivity contribution in [3.63, 3.8) is 0 Å². The minimum absolute atomic E-state index is 0.0223. The van der Waals surface area contributed by atoms with Crippen LogP contribution in [0.2, 0.25) is 0 Å². The van der Waals surface area contributed by atoms with Crippen molar-refractivity contribution in [1.29, 1.82) is 0 Å². The van der Waals surface area contributed by atoms with Gasteiger partial charge in [0.05, 0.1) is 6.54 Å². The first-order valence-electron chi connectivity index (χ1n) is 13.8. The molecule has 6 nitrogen and oxygen atoms in total. The molecule has 2 saturated heterocycles. The van der Waals surface area contributed by atoms with E-state index in [0.717, 1.165) is 75.2 Å². The minimum Gasteiger partial charge on any atom is -0.369 e. The fourth-order valence-electron chi connectivity index (χ4n) is 6.18. The molecular weight excluding hydrogens is 480 g/mol. The van der Waals surface area contributed by atoms with Crippen molar-refractivity contribution < 1.29 is 9.59 Å². The van der Waals surface area contributed by atoms with Crippen molar-refractivity contribution >= 4 is 34.8 Å². The number of carbonyl (C=O) groups excluding carboxylic acids is 2. The molecule has 2 heterocycles. The van der Waals surface area contributed by atoms with E-state index < -0.39 is 5.91 Å². The number of rotatable bonds is 7. The lowest BCUT2D eigenvalue weighted by molar-refractivity contribution is -0.135. The van der Waals surface area contributed by atoms with Gasteiger partial charge in [-0.3, -0.25) is 19.4 Å². The molecule has 1 N–H and O–H groups in total. The van der Waals surface area contributed by atoms with E-state index in [1.807, 2.05) is 23.9 Å². The van der Waals surface area contributed by atoms with E-state index in [4.69, 9.17) is 0 Å². The number of amides is 1. The van der Waals surface area contributed by atoms with E-state index in [9.17, 15) is 9.59 Å². The van der Waals surface area contributed by atoms with Crippen LogP contribution >= 0.6 is 11.8 Å². The van der Waals surface area contributed by atoms with Gasteiger partial charge in [-0.2, -0.15) is 11.8 Å². The molecule has 2 aliphatic heterocycles. The first-order chi connectivity index (χ1) is 18.0. The van der Waals surface area contributed by atoms with Gasteiger partial charge in [-0.25, -0.2) is 0 Å². The summed E-state index contributed by atoms with van der Waals surface area (Å²) >= 11 is 1.90. The van der Waals surface area contributed by atoms with Crippen molar-refractivity contribution in [1.82, 2.24) is 9.80 Å². The Morgan fingerprint density at radius 3 is 2.32 bits per heavy atom. The van der Waals surface area contributed by atoms with Gasteiger partial charge in [0.25, 0.3) is 5.91 Å². The number of para-hydroxylation sites is 1. The van der Waals surface area contributed by atoms with Crippen LogP contribution in [0.15, 0.2) is 54.6 Å². The first-order valence-corrected chi connectivity index (χ1v) is 15.0. The zero-order valence-corrected chi connectivity index (χ0v) is 22.8. The summed E-state index contributed by atoms with van der Waals surface area (Å²) in [7, 11) is 0. The summed E-state index contributed by atoms with van der Waals surface area (Å²) in [4.78, 5) is 32.6. The average Bonchev–Trinajstić information content (AvgIpc) is 2.95. The second-order valence-corrected chi connectivity index (χ2v) is 12.1. The summed E-state index contributed by atoms with van der Waals surface area (Å²) in [6, 6.07) is 19.0. The number of carbonyl (C=O) groups is 2. The zero-order chi connectivity index (χ0) is 25.7. The Labute approximate surface area is 225 Å². The number of benzene rings is 2. The predicted molar refractivity (Wildman–Crippen MR) is 153 cm³/mol. The van der Waals surface area contributed by atoms with E-state index in [-0.39, 0.29) is 17.9 Å². The maximum atomic E-state index is 12.8. The second kappa shape index (κ2) is 12.0. The van der Waals surface area contributed by atoms with Gasteiger partial charge in [-0.05, 0) is 61.4 Å². The quantitative estimate of drug-likeness (QED) is 0.544. The van der Waals surface area contributed by atoms with E-state index in [2.05, 4.69) is 69.4 Å². The van der Waals surface area contributed by atoms with E-state index in [1.54, 1.807) is 0 Å². The number of anilines is 2. The Kier molecular flexibility index (Phi) is 8.53. The number of nitrogens with one attached hydrogen (secondary N) is 1. The largest absolute Gasteiger partial charge is 0.369 e. The molecule has 3 aliphatic rings. The number of ketones is 1. The van der Waals surface area contributed by atoms with Crippen molar-refractivity contribution in [2.45, 2.75) is 38.1 Å². The Morgan fingerprint density at radius 1 is 0.919 bits per heavy atom. The van der Waals surface area contributed by atoms with Gasteiger partial charge < -0.3 is 10.2 Å². The molecule has 1 amide bonds. The molecule has 7 heteroatoms. The number of hydrogen-bond acceptors (Lipinski definition) is 6. The average molecular weight is 521 g/mol. The molecule has 37 heavy (non-hydrogen) atoms. The van der Waals surface area contributed by atoms with E-state index >= 15 is 0 Å². The molecule has 1 aliphatic carbocycles. The predicted octanol–water partition coefficient (Wildman–Crippen LogP) is 4.47. The summed E-state index contributed by atoms with van der Waals surface area (Å²) in [6.45, 7) is 8.39. The van der Waals surface area contributed by atoms with Gasteiger partial charge in [0, 0.05) is 67.7 Å². The Bertz CT molecular complexity index is 1060. The monoisotopic (exact) mass is 520 g/mol. The molecule has 0 unspecified atom stereocenters. The first kappa shape index (κ1) is 26.3. The molecule has 198 valence electrons. The van der Waals surface area contributed by atoms with Crippen LogP contribution in [0.4, 0.5) is 11.4 Å². The topological polar surface area (TPSA) is 55.9 Å². The standard InChI is InChI=1S/C30H40N4O2S/c1-24-10-12-30(13-11-24,34-16-14-33(15-17-34)27-8-3-2-4-9-27)25-6-5-7-26(22-25)31-29(36)28(35)23-32-18-20-37-21-19-32/h2-9,22,24H,10-21,23H2,1H3,(H,31,36). The highest BCUT2D eigenvalue weighted by Crippen LogP contribution is 2.45. The molecule has 0 spiro atoms. The highest BCUT2D eigenvalue weighted by Gasteiger charge is 2.42. The third kappa shape index (κ3) is 6.21. The second-order valence-electron chi connectivity index (χ2n) is 10.9. The number of hydrogen-bond donors (Lipinski definition) is 1. The highest BCUT2D eigenvalue weighted by molar-refractivity contribution is 7.99. The fraction of sp³-hybridized carbons (Fsp3) is 0.533. The van der Waals surface area contributed by atoms with Crippen molar-refractivity contribution in [3.05, 3.63) is 60.2 Å². The molecule has 2 aromatic rings. The van der Waals surface area contributed by atoms with Crippen LogP contribution in [0.1, 0.15) is 38.2 Å². The number of nitrogens with zero attached hydrogens (tertiary/aromatic N) is 3. The van der Waals surface area contributed by atoms with Gasteiger partial charge in [0.15, 0.2) is 0 Å². The smallest absolute Gasteiger partial charge is 0.293 e. The Morgan fingerprint density at radius 2 is 1.62 bits per heavy atom. The van der Waals surface area contributed by atoms with Gasteiger partial charge in [-0.1, -0.05) is 37.3 Å². The van der Waals surface area contributed by atoms with Gasteiger partial charge >= 0.3 is 0 Å². The van der Waals surface area contributed by atoms with Crippen LogP contribution in [-0.2, 0) is 15.1 Å². The normalized spacial score (nSPS) is 25.5. The molecule has 0 radical (unpaired) electrons. The summed E-state index contributed by atoms with van der Waals surface area (Å²) in [5, 5.41) is 2.92. The van der Waals surface area contributed by atoms with Crippen LogP contribution in [0.3, 0.4) is 0 Å². The van der Waals surface area contributed by atoms with Crippen molar-refractivity contribution in [2.24, 2.45) is 5.92 Å². The fourth-order valence-corrected chi connectivity index (χ4v) is 7.16. The van der Waals surface area contributed by atoms with Crippen molar-refractivity contribution in [3.8, 4) is 0 Å². The summed E-state index contributed by atoms with van der Waals surface area (Å²) in [6.07, 6.45) is 4.68. The molecule has 0 bridgehead atoms. The minimum atomic E-state index is -0.502. The van der Waals surface area contributed by atoms with E-state index in [1.165, 1.54) is 24.1 Å². The summed E-state index contributed by atoms with van der Waals surface area (Å²) in [5.74, 6) is 1.94. The maximum absolute atomic E-state index is 12.8. The van der Waals surface area contributed by atoms with Gasteiger partial charge in [0.1, 0.15) is 0 Å². The number of thioether (sulfide) groups is 1. The van der Waals surface area contributed by atoms with Gasteiger partial charge in [-0.15, -0.1) is 0 Å². The maximum Gasteiger partial charge on any atom is 0.293 e. The molecule has 0 atom stereocenters. The molecule has 1 saturated carbocycles. The third-order valence-corrected chi connectivity index (χ3v) is 9.43. The highest BCUT2D eigenvalue weighted by atomic mass is 32.2. The van der Waals surface area contributed by atoms with Gasteiger partial charge in [0.2, 0.25) is 5.78 Å².